The number of unbranched alkanes of at least 4 members (excludes halogenated alkanes) is 1. The Morgan fingerprint density at radius 2 is 1.74 bits per heavy atom. The van der Waals surface area contributed by atoms with Crippen molar-refractivity contribution in [3.05, 3.63) is 118 Å². The van der Waals surface area contributed by atoms with Gasteiger partial charge in [-0.25, -0.2) is 13.5 Å². The molecule has 0 saturated carbocycles. The minimum Gasteiger partial charge on any atom is -0.491 e. The Kier molecular flexibility index (Phi) is 8.58. The first-order chi connectivity index (χ1) is 20.8. The van der Waals surface area contributed by atoms with Crippen LogP contribution in [-0.4, -0.2) is 33.1 Å². The number of hydrogen-bond donors (Lipinski definition) is 0. The Bertz CT molecular complexity index is 1780. The van der Waals surface area contributed by atoms with Crippen LogP contribution in [0, 0.1) is 23.0 Å². The predicted octanol–water partition coefficient (Wildman–Crippen LogP) is 6.79. The van der Waals surface area contributed by atoms with Gasteiger partial charge in [-0.3, -0.25) is 14.5 Å². The van der Waals surface area contributed by atoms with Gasteiger partial charge in [0.2, 0.25) is 0 Å². The van der Waals surface area contributed by atoms with E-state index < -0.39 is 23.4 Å². The molecule has 0 unspecified atom stereocenters. The molecule has 43 heavy (non-hydrogen) atoms. The number of rotatable bonds is 9. The molecule has 0 spiro atoms. The molecule has 0 N–H and O–H groups in total. The lowest BCUT2D eigenvalue weighted by atomic mass is 9.93. The topological polar surface area (TPSA) is 88.2 Å². The van der Waals surface area contributed by atoms with E-state index >= 15 is 4.39 Å². The van der Waals surface area contributed by atoms with Gasteiger partial charge in [0.25, 0.3) is 11.8 Å². The van der Waals surface area contributed by atoms with Gasteiger partial charge < -0.3 is 4.74 Å². The highest BCUT2D eigenvalue weighted by molar-refractivity contribution is 6.19. The minimum atomic E-state index is -0.729. The molecule has 9 heteroatoms. The quantitative estimate of drug-likeness (QED) is 0.124. The summed E-state index contributed by atoms with van der Waals surface area (Å²) < 4.78 is 35.7. The Morgan fingerprint density at radius 3 is 2.42 bits per heavy atom. The summed E-state index contributed by atoms with van der Waals surface area (Å²) in [7, 11) is 0. The SMILES string of the molecule is CCCCOc1ccc(-c2nn(-c3ccccc3)cc2/C=C2/C(=O)N(Cc3ccc(F)cc3)C(=O)C(C#N)=C2C)cc1F. The van der Waals surface area contributed by atoms with E-state index in [1.807, 2.05) is 43.3 Å². The number of ether oxygens (including phenoxy) is 1. The molecule has 216 valence electrons. The highest BCUT2D eigenvalue weighted by Gasteiger charge is 2.35. The predicted molar refractivity (Wildman–Crippen MR) is 158 cm³/mol. The number of halogens is 2. The first-order valence-electron chi connectivity index (χ1n) is 13.8. The molecule has 7 nitrogen and oxygen atoms in total. The highest BCUT2D eigenvalue weighted by atomic mass is 19.1. The second-order valence-electron chi connectivity index (χ2n) is 10.1. The van der Waals surface area contributed by atoms with Crippen LogP contribution in [-0.2, 0) is 16.1 Å². The summed E-state index contributed by atoms with van der Waals surface area (Å²) in [4.78, 5) is 27.9. The van der Waals surface area contributed by atoms with Gasteiger partial charge in [0, 0.05) is 22.9 Å². The Labute approximate surface area is 247 Å². The van der Waals surface area contributed by atoms with Crippen LogP contribution < -0.4 is 4.74 Å². The van der Waals surface area contributed by atoms with E-state index in [4.69, 9.17) is 9.84 Å². The largest absolute Gasteiger partial charge is 0.491 e. The van der Waals surface area contributed by atoms with E-state index in [0.717, 1.165) is 23.4 Å². The van der Waals surface area contributed by atoms with E-state index in [-0.39, 0.29) is 29.0 Å². The van der Waals surface area contributed by atoms with Gasteiger partial charge in [0.1, 0.15) is 23.2 Å². The normalized spacial score (nSPS) is 14.4. The molecule has 1 aliphatic rings. The molecule has 1 aromatic heterocycles. The number of benzene rings is 3. The fourth-order valence-electron chi connectivity index (χ4n) is 4.72. The maximum Gasteiger partial charge on any atom is 0.271 e. The van der Waals surface area contributed by atoms with E-state index in [2.05, 4.69) is 0 Å². The molecule has 0 saturated heterocycles. The van der Waals surface area contributed by atoms with Crippen LogP contribution in [0.1, 0.15) is 37.8 Å². The summed E-state index contributed by atoms with van der Waals surface area (Å²) in [6.45, 7) is 3.82. The summed E-state index contributed by atoms with van der Waals surface area (Å²) in [6.07, 6.45) is 4.98. The van der Waals surface area contributed by atoms with Gasteiger partial charge in [0.05, 0.1) is 18.8 Å². The van der Waals surface area contributed by atoms with Crippen LogP contribution in [0.4, 0.5) is 8.78 Å². The lowest BCUT2D eigenvalue weighted by Gasteiger charge is -2.27. The fourth-order valence-corrected chi connectivity index (χ4v) is 4.72. The molecule has 1 aliphatic heterocycles. The number of nitriles is 1. The maximum atomic E-state index is 15.1. The van der Waals surface area contributed by atoms with Crippen molar-refractivity contribution in [2.45, 2.75) is 33.2 Å². The second kappa shape index (κ2) is 12.7. The number of para-hydroxylation sites is 1. The number of hydrogen-bond acceptors (Lipinski definition) is 5. The molecular weight excluding hydrogens is 550 g/mol. The Morgan fingerprint density at radius 1 is 1.00 bits per heavy atom. The molecule has 5 rings (SSSR count). The molecule has 0 fully saturated rings. The van der Waals surface area contributed by atoms with E-state index in [1.54, 1.807) is 36.0 Å². The van der Waals surface area contributed by atoms with Crippen molar-refractivity contribution in [2.24, 2.45) is 0 Å². The second-order valence-corrected chi connectivity index (χ2v) is 10.1. The number of imide groups is 1. The van der Waals surface area contributed by atoms with Crippen molar-refractivity contribution in [3.8, 4) is 28.8 Å². The van der Waals surface area contributed by atoms with Gasteiger partial charge in [-0.2, -0.15) is 10.4 Å². The monoisotopic (exact) mass is 578 g/mol. The number of aromatic nitrogens is 2. The summed E-state index contributed by atoms with van der Waals surface area (Å²) in [5.41, 5.74) is 2.73. The molecule has 2 heterocycles. The fraction of sp³-hybridized carbons (Fsp3) is 0.176. The number of nitrogens with zero attached hydrogens (tertiary/aromatic N) is 4. The first kappa shape index (κ1) is 29.1. The van der Waals surface area contributed by atoms with Crippen molar-refractivity contribution < 1.29 is 23.1 Å². The van der Waals surface area contributed by atoms with Gasteiger partial charge in [-0.15, -0.1) is 0 Å². The zero-order valence-corrected chi connectivity index (χ0v) is 23.7. The van der Waals surface area contributed by atoms with Gasteiger partial charge >= 0.3 is 0 Å². The van der Waals surface area contributed by atoms with Gasteiger partial charge in [-0.05, 0) is 73.0 Å². The first-order valence-corrected chi connectivity index (χ1v) is 13.8. The average molecular weight is 579 g/mol. The number of amides is 2. The van der Waals surface area contributed by atoms with Crippen molar-refractivity contribution in [2.75, 3.05) is 6.61 Å². The summed E-state index contributed by atoms with van der Waals surface area (Å²) >= 11 is 0. The van der Waals surface area contributed by atoms with E-state index in [1.165, 1.54) is 30.3 Å². The molecular formula is C34H28F2N4O3. The van der Waals surface area contributed by atoms with Crippen LogP contribution in [0.25, 0.3) is 23.0 Å². The van der Waals surface area contributed by atoms with Crippen LogP contribution in [0.5, 0.6) is 5.75 Å². The molecule has 0 atom stereocenters. The molecule has 2 amide bonds. The minimum absolute atomic E-state index is 0.118. The third kappa shape index (κ3) is 6.14. The van der Waals surface area contributed by atoms with Crippen LogP contribution in [0.2, 0.25) is 0 Å². The smallest absolute Gasteiger partial charge is 0.271 e. The van der Waals surface area contributed by atoms with E-state index in [9.17, 15) is 19.2 Å². The maximum absolute atomic E-state index is 15.1. The van der Waals surface area contributed by atoms with Crippen LogP contribution in [0.3, 0.4) is 0 Å². The van der Waals surface area contributed by atoms with Gasteiger partial charge in [0.15, 0.2) is 11.6 Å². The molecule has 0 radical (unpaired) electrons. The zero-order chi connectivity index (χ0) is 30.5. The highest BCUT2D eigenvalue weighted by Crippen LogP contribution is 2.33. The van der Waals surface area contributed by atoms with Crippen molar-refractivity contribution in [3.63, 3.8) is 0 Å². The molecule has 0 bridgehead atoms. The van der Waals surface area contributed by atoms with Crippen molar-refractivity contribution in [1.29, 1.82) is 5.26 Å². The molecule has 0 aliphatic carbocycles. The summed E-state index contributed by atoms with van der Waals surface area (Å²) in [5.74, 6) is -2.21. The lowest BCUT2D eigenvalue weighted by Crippen LogP contribution is -2.42. The Balaban J connectivity index is 1.61. The van der Waals surface area contributed by atoms with Crippen molar-refractivity contribution >= 4 is 17.9 Å². The summed E-state index contributed by atoms with van der Waals surface area (Å²) in [6, 6.07) is 21.2. The third-order valence-electron chi connectivity index (χ3n) is 7.10. The number of carbonyl (C=O) groups excluding carboxylic acids is 2. The molecule has 4 aromatic rings. The average Bonchev–Trinajstić information content (AvgIpc) is 3.44. The number of carbonyl (C=O) groups is 2. The van der Waals surface area contributed by atoms with Crippen LogP contribution in [0.15, 0.2) is 95.7 Å². The Hall–Kier alpha value is -5.36. The molecule has 3 aromatic carbocycles. The third-order valence-corrected chi connectivity index (χ3v) is 7.10. The van der Waals surface area contributed by atoms with Crippen molar-refractivity contribution in [1.82, 2.24) is 14.7 Å². The lowest BCUT2D eigenvalue weighted by molar-refractivity contribution is -0.141. The van der Waals surface area contributed by atoms with E-state index in [0.29, 0.717) is 29.0 Å². The van der Waals surface area contributed by atoms with Gasteiger partial charge in [-0.1, -0.05) is 43.7 Å². The van der Waals surface area contributed by atoms with Crippen LogP contribution >= 0.6 is 0 Å². The standard InChI is InChI=1S/C34H28F2N4O3/c1-3-4-16-43-31-15-12-24(18-30(31)36)32-25(21-40(38-32)27-8-6-5-7-9-27)17-28-22(2)29(19-37)34(42)39(33(28)41)20-23-10-13-26(35)14-11-23/h5-15,17-18,21H,3-4,16,20H2,1-2H3/b28-17+. The zero-order valence-electron chi connectivity index (χ0n) is 23.7. The summed E-state index contributed by atoms with van der Waals surface area (Å²) in [5, 5.41) is 14.5.